The Morgan fingerprint density at radius 1 is 1.09 bits per heavy atom. The lowest BCUT2D eigenvalue weighted by Gasteiger charge is -2.21. The van der Waals surface area contributed by atoms with Crippen LogP contribution in [0.1, 0.15) is 18.1 Å². The van der Waals surface area contributed by atoms with Crippen LogP contribution in [0, 0.1) is 0 Å². The largest absolute Gasteiger partial charge is 0.454 e. The molecule has 118 valence electrons. The Kier molecular flexibility index (Phi) is 3.85. The number of aromatic nitrogens is 2. The first-order valence-electron chi connectivity index (χ1n) is 7.64. The van der Waals surface area contributed by atoms with Gasteiger partial charge < -0.3 is 9.47 Å². The molecule has 0 saturated heterocycles. The summed E-state index contributed by atoms with van der Waals surface area (Å²) in [5.74, 6) is 1.67. The van der Waals surface area contributed by atoms with Crippen LogP contribution in [-0.4, -0.2) is 27.0 Å². The molecule has 0 radical (unpaired) electrons. The summed E-state index contributed by atoms with van der Waals surface area (Å²) in [7, 11) is 0. The van der Waals surface area contributed by atoms with Crippen LogP contribution in [0.2, 0.25) is 0 Å². The topological polar surface area (TPSA) is 47.5 Å². The lowest BCUT2D eigenvalue weighted by atomic mass is 10.1. The molecule has 0 aliphatic carbocycles. The van der Waals surface area contributed by atoms with Crippen LogP contribution in [0.25, 0.3) is 11.0 Å². The van der Waals surface area contributed by atoms with E-state index in [-0.39, 0.29) is 0 Å². The number of nitrogens with zero attached hydrogens (tertiary/aromatic N) is 3. The number of hydrogen-bond donors (Lipinski definition) is 0. The van der Waals surface area contributed by atoms with Crippen LogP contribution in [0.15, 0.2) is 36.4 Å². The number of hydrogen-bond acceptors (Lipinski definition) is 6. The van der Waals surface area contributed by atoms with Crippen molar-refractivity contribution >= 4 is 22.8 Å². The monoisotopic (exact) mass is 327 g/mol. The van der Waals surface area contributed by atoms with Crippen LogP contribution in [0.3, 0.4) is 0 Å². The van der Waals surface area contributed by atoms with Gasteiger partial charge >= 0.3 is 0 Å². The highest BCUT2D eigenvalue weighted by atomic mass is 32.1. The van der Waals surface area contributed by atoms with Gasteiger partial charge in [0.1, 0.15) is 11.0 Å². The molecule has 0 bridgehead atoms. The van der Waals surface area contributed by atoms with Crippen molar-refractivity contribution in [2.45, 2.75) is 20.0 Å². The van der Waals surface area contributed by atoms with Crippen molar-refractivity contribution in [3.8, 4) is 11.5 Å². The molecule has 1 aromatic heterocycles. The first kappa shape index (κ1) is 14.4. The minimum Gasteiger partial charge on any atom is -0.454 e. The van der Waals surface area contributed by atoms with Crippen molar-refractivity contribution in [1.82, 2.24) is 13.6 Å². The summed E-state index contributed by atoms with van der Waals surface area (Å²) in [4.78, 5) is 2.38. The van der Waals surface area contributed by atoms with E-state index in [1.807, 2.05) is 18.2 Å². The van der Waals surface area contributed by atoms with E-state index in [1.165, 1.54) is 22.9 Å². The first-order valence-corrected chi connectivity index (χ1v) is 8.37. The average molecular weight is 327 g/mol. The maximum absolute atomic E-state index is 5.46. The first-order chi connectivity index (χ1) is 11.3. The van der Waals surface area contributed by atoms with Crippen molar-refractivity contribution in [2.24, 2.45) is 0 Å². The molecule has 2 aromatic carbocycles. The Bertz CT molecular complexity index is 834. The molecule has 1 aliphatic heterocycles. The summed E-state index contributed by atoms with van der Waals surface area (Å²) in [5, 5.41) is 0. The summed E-state index contributed by atoms with van der Waals surface area (Å²) in [6, 6.07) is 12.3. The zero-order valence-electron chi connectivity index (χ0n) is 12.9. The fourth-order valence-electron chi connectivity index (χ4n) is 2.81. The normalized spacial score (nSPS) is 13.1. The van der Waals surface area contributed by atoms with E-state index in [0.29, 0.717) is 6.79 Å². The van der Waals surface area contributed by atoms with Crippen LogP contribution in [-0.2, 0) is 13.1 Å². The maximum Gasteiger partial charge on any atom is 0.231 e. The van der Waals surface area contributed by atoms with Crippen molar-refractivity contribution < 1.29 is 9.47 Å². The molecule has 5 nitrogen and oxygen atoms in total. The minimum absolute atomic E-state index is 0.315. The summed E-state index contributed by atoms with van der Waals surface area (Å²) < 4.78 is 19.6. The highest BCUT2D eigenvalue weighted by Crippen LogP contribution is 2.33. The maximum atomic E-state index is 5.46. The van der Waals surface area contributed by atoms with Crippen LogP contribution < -0.4 is 9.47 Å². The Balaban J connectivity index is 1.54. The van der Waals surface area contributed by atoms with E-state index in [0.717, 1.165) is 42.2 Å². The summed E-state index contributed by atoms with van der Waals surface area (Å²) >= 11 is 1.27. The number of benzene rings is 2. The molecule has 0 fully saturated rings. The van der Waals surface area contributed by atoms with E-state index in [2.05, 4.69) is 38.8 Å². The fraction of sp³-hybridized carbons (Fsp3) is 0.294. The molecule has 0 saturated carbocycles. The highest BCUT2D eigenvalue weighted by Gasteiger charge is 2.15. The van der Waals surface area contributed by atoms with Gasteiger partial charge in [0.15, 0.2) is 11.5 Å². The summed E-state index contributed by atoms with van der Waals surface area (Å²) in [6.45, 7) is 5.17. The van der Waals surface area contributed by atoms with E-state index in [9.17, 15) is 0 Å². The molecule has 6 heteroatoms. The third kappa shape index (κ3) is 2.87. The van der Waals surface area contributed by atoms with Crippen LogP contribution in [0.4, 0.5) is 0 Å². The Morgan fingerprint density at radius 3 is 2.91 bits per heavy atom. The number of fused-ring (bicyclic) bond motifs is 2. The van der Waals surface area contributed by atoms with Crippen LogP contribution >= 0.6 is 11.7 Å². The van der Waals surface area contributed by atoms with E-state index >= 15 is 0 Å². The minimum atomic E-state index is 0.315. The summed E-state index contributed by atoms with van der Waals surface area (Å²) in [5.41, 5.74) is 4.44. The van der Waals surface area contributed by atoms with Crippen molar-refractivity contribution in [1.29, 1.82) is 0 Å². The Labute approximate surface area is 138 Å². The molecule has 0 atom stereocenters. The second kappa shape index (κ2) is 6.14. The summed E-state index contributed by atoms with van der Waals surface area (Å²) in [6.07, 6.45) is 0. The van der Waals surface area contributed by atoms with Crippen molar-refractivity contribution in [2.75, 3.05) is 13.3 Å². The smallest absolute Gasteiger partial charge is 0.231 e. The molecule has 4 rings (SSSR count). The van der Waals surface area contributed by atoms with Gasteiger partial charge in [0.25, 0.3) is 0 Å². The molecular formula is C17H17N3O2S. The zero-order valence-corrected chi connectivity index (χ0v) is 13.7. The molecule has 0 unspecified atom stereocenters. The molecule has 0 amide bonds. The van der Waals surface area contributed by atoms with Gasteiger partial charge in [-0.05, 0) is 35.9 Å². The lowest BCUT2D eigenvalue weighted by Crippen LogP contribution is -2.22. The van der Waals surface area contributed by atoms with E-state index < -0.39 is 0 Å². The van der Waals surface area contributed by atoms with Gasteiger partial charge in [-0.25, -0.2) is 0 Å². The van der Waals surface area contributed by atoms with Crippen molar-refractivity contribution in [3.63, 3.8) is 0 Å². The van der Waals surface area contributed by atoms with Gasteiger partial charge in [0.2, 0.25) is 6.79 Å². The van der Waals surface area contributed by atoms with E-state index in [4.69, 9.17) is 9.47 Å². The molecule has 3 aromatic rings. The molecule has 1 aliphatic rings. The van der Waals surface area contributed by atoms with Crippen molar-refractivity contribution in [3.05, 3.63) is 47.5 Å². The van der Waals surface area contributed by atoms with Gasteiger partial charge in [-0.2, -0.15) is 8.75 Å². The van der Waals surface area contributed by atoms with Gasteiger partial charge in [-0.1, -0.05) is 25.1 Å². The molecule has 0 spiro atoms. The predicted molar refractivity (Wildman–Crippen MR) is 89.8 cm³/mol. The van der Waals surface area contributed by atoms with Gasteiger partial charge in [0, 0.05) is 13.1 Å². The quantitative estimate of drug-likeness (QED) is 0.718. The second-order valence-electron chi connectivity index (χ2n) is 5.54. The Hall–Kier alpha value is -2.18. The molecule has 23 heavy (non-hydrogen) atoms. The third-order valence-electron chi connectivity index (χ3n) is 4.05. The van der Waals surface area contributed by atoms with Crippen LogP contribution in [0.5, 0.6) is 11.5 Å². The third-order valence-corrected chi connectivity index (χ3v) is 4.60. The molecular weight excluding hydrogens is 310 g/mol. The SMILES string of the molecule is CCN(Cc1ccc2c(c1)OCO2)Cc1cccc2nsnc12. The Morgan fingerprint density at radius 2 is 2.00 bits per heavy atom. The predicted octanol–water partition coefficient (Wildman–Crippen LogP) is 3.44. The highest BCUT2D eigenvalue weighted by molar-refractivity contribution is 7.00. The average Bonchev–Trinajstić information content (AvgIpc) is 3.23. The van der Waals surface area contributed by atoms with E-state index in [1.54, 1.807) is 0 Å². The molecule has 2 heterocycles. The van der Waals surface area contributed by atoms with Gasteiger partial charge in [-0.3, -0.25) is 4.90 Å². The standard InChI is InChI=1S/C17H17N3O2S/c1-2-20(9-12-6-7-15-16(8-12)22-11-21-15)10-13-4-3-5-14-17(13)19-23-18-14/h3-8H,2,9-11H2,1H3. The number of rotatable bonds is 5. The number of ether oxygens (including phenoxy) is 2. The lowest BCUT2D eigenvalue weighted by molar-refractivity contribution is 0.174. The zero-order chi connectivity index (χ0) is 15.6. The fourth-order valence-corrected chi connectivity index (χ4v) is 3.38. The second-order valence-corrected chi connectivity index (χ2v) is 6.07. The van der Waals surface area contributed by atoms with Gasteiger partial charge in [-0.15, -0.1) is 0 Å². The molecule has 0 N–H and O–H groups in total. The van der Waals surface area contributed by atoms with Gasteiger partial charge in [0.05, 0.1) is 11.7 Å².